The maximum absolute atomic E-state index is 5.99. The third kappa shape index (κ3) is 3.50. The summed E-state index contributed by atoms with van der Waals surface area (Å²) in [6, 6.07) is 0.316. The SMILES string of the molecule is COC1(C(CC2CCCC2)NN)CCC(C)(C)CC1. The average Bonchev–Trinajstić information content (AvgIpc) is 2.90. The van der Waals surface area contributed by atoms with Gasteiger partial charge in [-0.1, -0.05) is 39.5 Å². The van der Waals surface area contributed by atoms with Crippen LogP contribution >= 0.6 is 0 Å². The molecule has 3 nitrogen and oxygen atoms in total. The average molecular weight is 268 g/mol. The highest BCUT2D eigenvalue weighted by molar-refractivity contribution is 4.99. The van der Waals surface area contributed by atoms with Crippen LogP contribution in [0.2, 0.25) is 0 Å². The van der Waals surface area contributed by atoms with Crippen LogP contribution in [0.5, 0.6) is 0 Å². The fourth-order valence-electron chi connectivity index (χ4n) is 4.06. The highest BCUT2D eigenvalue weighted by Gasteiger charge is 2.44. The number of nitrogens with two attached hydrogens (primary N) is 1. The van der Waals surface area contributed by atoms with Crippen molar-refractivity contribution >= 4 is 0 Å². The van der Waals surface area contributed by atoms with E-state index in [9.17, 15) is 0 Å². The van der Waals surface area contributed by atoms with Gasteiger partial charge in [-0.25, -0.2) is 0 Å². The Morgan fingerprint density at radius 3 is 2.21 bits per heavy atom. The number of hydrazine groups is 1. The normalized spacial score (nSPS) is 28.4. The minimum absolute atomic E-state index is 0.0349. The molecular weight excluding hydrogens is 236 g/mol. The second kappa shape index (κ2) is 6.11. The summed E-state index contributed by atoms with van der Waals surface area (Å²) in [5, 5.41) is 0. The molecule has 0 bridgehead atoms. The van der Waals surface area contributed by atoms with Crippen molar-refractivity contribution in [1.82, 2.24) is 5.43 Å². The predicted octanol–water partition coefficient (Wildman–Crippen LogP) is 3.38. The Labute approximate surface area is 118 Å². The molecule has 0 aliphatic heterocycles. The molecule has 0 spiro atoms. The van der Waals surface area contributed by atoms with Gasteiger partial charge in [-0.15, -0.1) is 0 Å². The van der Waals surface area contributed by atoms with E-state index < -0.39 is 0 Å². The molecule has 0 aromatic heterocycles. The van der Waals surface area contributed by atoms with Gasteiger partial charge in [-0.3, -0.25) is 11.3 Å². The lowest BCUT2D eigenvalue weighted by Gasteiger charge is -2.47. The van der Waals surface area contributed by atoms with Gasteiger partial charge in [0, 0.05) is 7.11 Å². The van der Waals surface area contributed by atoms with Crippen LogP contribution in [0.25, 0.3) is 0 Å². The summed E-state index contributed by atoms with van der Waals surface area (Å²) in [4.78, 5) is 0. The van der Waals surface area contributed by atoms with Gasteiger partial charge in [-0.2, -0.15) is 0 Å². The molecule has 2 aliphatic carbocycles. The topological polar surface area (TPSA) is 47.3 Å². The van der Waals surface area contributed by atoms with Gasteiger partial charge in [0.15, 0.2) is 0 Å². The fourth-order valence-corrected chi connectivity index (χ4v) is 4.06. The lowest BCUT2D eigenvalue weighted by atomic mass is 9.67. The van der Waals surface area contributed by atoms with E-state index in [1.165, 1.54) is 44.9 Å². The maximum atomic E-state index is 5.99. The molecule has 0 aromatic rings. The minimum Gasteiger partial charge on any atom is -0.377 e. The zero-order valence-corrected chi connectivity index (χ0v) is 13.0. The molecule has 2 saturated carbocycles. The Morgan fingerprint density at radius 1 is 1.16 bits per heavy atom. The monoisotopic (exact) mass is 268 g/mol. The quantitative estimate of drug-likeness (QED) is 0.593. The maximum Gasteiger partial charge on any atom is 0.0844 e. The van der Waals surface area contributed by atoms with Gasteiger partial charge in [0.05, 0.1) is 11.6 Å². The number of hydrogen-bond donors (Lipinski definition) is 2. The van der Waals surface area contributed by atoms with Crippen molar-refractivity contribution in [2.45, 2.75) is 83.3 Å². The molecule has 0 saturated heterocycles. The van der Waals surface area contributed by atoms with E-state index in [-0.39, 0.29) is 5.60 Å². The first-order valence-corrected chi connectivity index (χ1v) is 8.03. The molecular formula is C16H32N2O. The van der Waals surface area contributed by atoms with E-state index in [1.807, 2.05) is 7.11 Å². The number of nitrogens with one attached hydrogen (secondary N) is 1. The van der Waals surface area contributed by atoms with E-state index in [2.05, 4.69) is 19.3 Å². The predicted molar refractivity (Wildman–Crippen MR) is 79.7 cm³/mol. The molecule has 0 amide bonds. The van der Waals surface area contributed by atoms with Crippen LogP contribution in [0.3, 0.4) is 0 Å². The third-order valence-corrected chi connectivity index (χ3v) is 5.74. The molecule has 2 aliphatic rings. The van der Waals surface area contributed by atoms with Crippen molar-refractivity contribution in [2.75, 3.05) is 7.11 Å². The van der Waals surface area contributed by atoms with Crippen LogP contribution in [0.1, 0.15) is 71.6 Å². The fraction of sp³-hybridized carbons (Fsp3) is 1.00. The van der Waals surface area contributed by atoms with Crippen LogP contribution in [0, 0.1) is 11.3 Å². The summed E-state index contributed by atoms with van der Waals surface area (Å²) in [6.45, 7) is 4.74. The molecule has 19 heavy (non-hydrogen) atoms. The highest BCUT2D eigenvalue weighted by Crippen LogP contribution is 2.45. The standard InChI is InChI=1S/C16H32N2O/c1-15(2)8-10-16(19-3,11-9-15)14(18-17)12-13-6-4-5-7-13/h13-14,18H,4-12,17H2,1-3H3. The molecule has 2 fully saturated rings. The Balaban J connectivity index is 2.01. The molecule has 1 unspecified atom stereocenters. The first-order valence-electron chi connectivity index (χ1n) is 8.03. The van der Waals surface area contributed by atoms with E-state index in [1.54, 1.807) is 0 Å². The van der Waals surface area contributed by atoms with Crippen molar-refractivity contribution in [2.24, 2.45) is 17.2 Å². The Morgan fingerprint density at radius 2 is 1.74 bits per heavy atom. The Kier molecular flexibility index (Phi) is 4.91. The van der Waals surface area contributed by atoms with Gasteiger partial charge >= 0.3 is 0 Å². The molecule has 1 atom stereocenters. The number of rotatable bonds is 5. The van der Waals surface area contributed by atoms with Gasteiger partial charge in [0.2, 0.25) is 0 Å². The largest absolute Gasteiger partial charge is 0.377 e. The smallest absolute Gasteiger partial charge is 0.0844 e. The van der Waals surface area contributed by atoms with Crippen LogP contribution in [-0.4, -0.2) is 18.8 Å². The van der Waals surface area contributed by atoms with Crippen LogP contribution < -0.4 is 11.3 Å². The summed E-state index contributed by atoms with van der Waals surface area (Å²) < 4.78 is 5.99. The van der Waals surface area contributed by atoms with E-state index in [4.69, 9.17) is 10.6 Å². The van der Waals surface area contributed by atoms with E-state index in [0.717, 1.165) is 18.8 Å². The van der Waals surface area contributed by atoms with Crippen molar-refractivity contribution < 1.29 is 4.74 Å². The molecule has 2 rings (SSSR count). The first kappa shape index (κ1) is 15.3. The van der Waals surface area contributed by atoms with Crippen molar-refractivity contribution in [3.05, 3.63) is 0 Å². The third-order valence-electron chi connectivity index (χ3n) is 5.74. The minimum atomic E-state index is -0.0349. The van der Waals surface area contributed by atoms with Crippen LogP contribution in [0.4, 0.5) is 0 Å². The van der Waals surface area contributed by atoms with Gasteiger partial charge in [0.1, 0.15) is 0 Å². The summed E-state index contributed by atoms with van der Waals surface area (Å²) in [5.41, 5.74) is 3.52. The number of hydrogen-bond acceptors (Lipinski definition) is 3. The van der Waals surface area contributed by atoms with E-state index in [0.29, 0.717) is 11.5 Å². The second-order valence-electron chi connectivity index (χ2n) is 7.54. The lowest BCUT2D eigenvalue weighted by Crippen LogP contribution is -2.57. The van der Waals surface area contributed by atoms with Gasteiger partial charge in [-0.05, 0) is 43.4 Å². The van der Waals surface area contributed by atoms with Crippen molar-refractivity contribution in [1.29, 1.82) is 0 Å². The van der Waals surface area contributed by atoms with Crippen LogP contribution in [-0.2, 0) is 4.74 Å². The summed E-state index contributed by atoms with van der Waals surface area (Å²) >= 11 is 0. The Bertz CT molecular complexity index is 274. The second-order valence-corrected chi connectivity index (χ2v) is 7.54. The zero-order valence-electron chi connectivity index (χ0n) is 13.0. The molecule has 3 heteroatoms. The summed E-state index contributed by atoms with van der Waals surface area (Å²) in [5.74, 6) is 6.73. The first-order chi connectivity index (χ1) is 9.01. The molecule has 0 radical (unpaired) electrons. The lowest BCUT2D eigenvalue weighted by molar-refractivity contribution is -0.0906. The highest BCUT2D eigenvalue weighted by atomic mass is 16.5. The van der Waals surface area contributed by atoms with Gasteiger partial charge in [0.25, 0.3) is 0 Å². The van der Waals surface area contributed by atoms with Crippen LogP contribution in [0.15, 0.2) is 0 Å². The van der Waals surface area contributed by atoms with Gasteiger partial charge < -0.3 is 4.74 Å². The van der Waals surface area contributed by atoms with E-state index >= 15 is 0 Å². The van der Waals surface area contributed by atoms with Crippen molar-refractivity contribution in [3.63, 3.8) is 0 Å². The molecule has 0 aromatic carbocycles. The number of methoxy groups -OCH3 is 1. The number of ether oxygens (including phenoxy) is 1. The zero-order chi connectivity index (χ0) is 13.9. The summed E-state index contributed by atoms with van der Waals surface area (Å²) in [6.07, 6.45) is 11.5. The molecule has 0 heterocycles. The van der Waals surface area contributed by atoms with Crippen molar-refractivity contribution in [3.8, 4) is 0 Å². The Hall–Kier alpha value is -0.120. The molecule has 112 valence electrons. The summed E-state index contributed by atoms with van der Waals surface area (Å²) in [7, 11) is 1.87. The molecule has 3 N–H and O–H groups in total.